The molecule has 0 bridgehead atoms. The van der Waals surface area contributed by atoms with Gasteiger partial charge in [-0.25, -0.2) is 19.6 Å². The van der Waals surface area contributed by atoms with Crippen LogP contribution in [0.2, 0.25) is 0 Å². The molecule has 19 rings (SSSR count). The summed E-state index contributed by atoms with van der Waals surface area (Å²) in [6, 6.07) is 76.5. The molecule has 4 aliphatic rings. The Bertz CT molecular complexity index is 5810. The Morgan fingerprint density at radius 2 is 0.619 bits per heavy atom. The fraction of sp³-hybridized carbons (Fsp3) is 0.125. The van der Waals surface area contributed by atoms with Gasteiger partial charge in [0, 0.05) is 81.8 Å². The lowest BCUT2D eigenvalue weighted by Gasteiger charge is -2.35. The van der Waals surface area contributed by atoms with Crippen LogP contribution in [0.15, 0.2) is 279 Å². The van der Waals surface area contributed by atoms with Gasteiger partial charge < -0.3 is 56.8 Å². The highest BCUT2D eigenvalue weighted by Gasteiger charge is 2.48. The lowest BCUT2D eigenvalue weighted by Crippen LogP contribution is -2.53. The van der Waals surface area contributed by atoms with Gasteiger partial charge in [0.2, 0.25) is 11.8 Å². The number of methoxy groups -OCH3 is 2. The van der Waals surface area contributed by atoms with Gasteiger partial charge in [-0.15, -0.1) is 0 Å². The van der Waals surface area contributed by atoms with Crippen molar-refractivity contribution in [3.8, 4) is 114 Å². The first-order chi connectivity index (χ1) is 57.9. The maximum atomic E-state index is 16.6. The number of imide groups is 2. The molecule has 0 radical (unpaired) electrons. The SMILES string of the molecule is COCC(C(=O)Oc1cc(OCC2CO2)ccn1)N1C(=O)c2cc(Oc3cccc(-c4ccccc4)c3)c3c4c(Oc5cccc(-c6ccccc6)c5)cc5c6c(cc(Oc7cccc(-c8ccccc8)c7)c(c7c(Oc8cccc(-c9ccccc9)c8)cc(c2c37)C1=O)c64)C(=O)N(C(COC)C(=O)Oc1cc(OCC2CO2)ccn1)C5=O. The third-order valence-electron chi connectivity index (χ3n) is 21.0. The van der Waals surface area contributed by atoms with Crippen molar-refractivity contribution in [3.05, 3.63) is 302 Å². The zero-order valence-corrected chi connectivity index (χ0v) is 63.2. The van der Waals surface area contributed by atoms with E-state index in [4.69, 9.17) is 56.8 Å². The first-order valence-electron chi connectivity index (χ1n) is 38.1. The molecule has 0 spiro atoms. The summed E-state index contributed by atoms with van der Waals surface area (Å²) < 4.78 is 76.0. The minimum absolute atomic E-state index is 0.0246. The average Bonchev–Trinajstić information content (AvgIpc) is 0.770. The highest BCUT2D eigenvalue weighted by Crippen LogP contribution is 2.59. The van der Waals surface area contributed by atoms with Crippen LogP contribution in [0.5, 0.6) is 69.3 Å². The lowest BCUT2D eigenvalue weighted by atomic mass is 9.80. The maximum Gasteiger partial charge on any atom is 0.338 e. The summed E-state index contributed by atoms with van der Waals surface area (Å²) in [5.41, 5.74) is 5.88. The molecule has 2 saturated heterocycles. The van der Waals surface area contributed by atoms with Gasteiger partial charge in [0.15, 0.2) is 12.1 Å². The van der Waals surface area contributed by atoms with E-state index in [9.17, 15) is 0 Å². The number of nitrogens with zero attached hydrogens (tertiary/aromatic N) is 4. The van der Waals surface area contributed by atoms with Crippen molar-refractivity contribution in [3.63, 3.8) is 0 Å². The lowest BCUT2D eigenvalue weighted by molar-refractivity contribution is -0.141. The van der Waals surface area contributed by atoms with Crippen molar-refractivity contribution in [1.29, 1.82) is 0 Å². The van der Waals surface area contributed by atoms with E-state index in [2.05, 4.69) is 9.97 Å². The smallest absolute Gasteiger partial charge is 0.338 e. The van der Waals surface area contributed by atoms with Crippen LogP contribution < -0.4 is 37.9 Å². The van der Waals surface area contributed by atoms with Crippen molar-refractivity contribution < 1.29 is 85.6 Å². The number of pyridine rings is 2. The third-order valence-corrected chi connectivity index (χ3v) is 21.0. The van der Waals surface area contributed by atoms with Crippen molar-refractivity contribution in [2.24, 2.45) is 0 Å². The minimum Gasteiger partial charge on any atom is -0.491 e. The summed E-state index contributed by atoms with van der Waals surface area (Å²) in [6.45, 7) is 0.427. The topological polar surface area (TPSA) is 252 Å². The van der Waals surface area contributed by atoms with Crippen LogP contribution >= 0.6 is 0 Å². The zero-order valence-electron chi connectivity index (χ0n) is 63.2. The standard InChI is InChI=1S/C96H68N4O18/c1-107-53-75(95(105)117-81-43-63(35-37-97-81)109-49-69-51-111-69)99-91(101)71-45-77(113-65-31-15-27-59(39-65)55-19-7-3-8-20-55)85-87-79(115-67-33-17-29-61(41-67)57-23-11-5-12-24-57)47-73-84-74(94(104)100(93(73)103)76(54-108-2)96(106)118-82-44-64(36-38-98-82)110-50-70-52-112-70)48-80(116-68-34-18-30-62(42-68)58-25-13-6-14-26-58)88(90(84)87)86-78(46-72(92(99)102)83(71)89(85)86)114-66-32-16-28-60(40-66)56-21-9-4-10-22-56/h3-48,69-70,75-76H,49-54H2,1-2H3. The van der Waals surface area contributed by atoms with E-state index in [0.717, 1.165) is 54.3 Å². The number of esters is 2. The van der Waals surface area contributed by atoms with Gasteiger partial charge in [0.05, 0.1) is 48.7 Å². The monoisotopic (exact) mass is 1560 g/mol. The fourth-order valence-corrected chi connectivity index (χ4v) is 15.4. The molecule has 13 aromatic carbocycles. The third kappa shape index (κ3) is 14.3. The molecule has 0 N–H and O–H groups in total. The second-order valence-electron chi connectivity index (χ2n) is 28.6. The van der Waals surface area contributed by atoms with Crippen molar-refractivity contribution in [2.75, 3.05) is 53.9 Å². The molecule has 118 heavy (non-hydrogen) atoms. The Balaban J connectivity index is 0.913. The normalized spacial score (nSPS) is 15.1. The maximum absolute atomic E-state index is 16.6. The molecular weight excluding hydrogens is 1500 g/mol. The Morgan fingerprint density at radius 1 is 0.339 bits per heavy atom. The predicted octanol–water partition coefficient (Wildman–Crippen LogP) is 18.4. The second-order valence-corrected chi connectivity index (χ2v) is 28.6. The summed E-state index contributed by atoms with van der Waals surface area (Å²) >= 11 is 0. The summed E-state index contributed by atoms with van der Waals surface area (Å²) in [5.74, 6) is -4.79. The molecule has 580 valence electrons. The number of carbonyl (C=O) groups is 6. The van der Waals surface area contributed by atoms with Crippen LogP contribution in [-0.2, 0) is 28.5 Å². The van der Waals surface area contributed by atoms with E-state index in [1.54, 1.807) is 36.4 Å². The molecule has 2 fully saturated rings. The highest BCUT2D eigenvalue weighted by atomic mass is 16.6. The van der Waals surface area contributed by atoms with E-state index in [-0.39, 0.29) is 149 Å². The fourth-order valence-electron chi connectivity index (χ4n) is 15.4. The number of benzene rings is 13. The van der Waals surface area contributed by atoms with E-state index in [0.29, 0.717) is 24.7 Å². The summed E-state index contributed by atoms with van der Waals surface area (Å²) in [7, 11) is 2.65. The number of ether oxygens (including phenoxy) is 12. The zero-order chi connectivity index (χ0) is 80.1. The summed E-state index contributed by atoms with van der Waals surface area (Å²) in [6.07, 6.45) is 2.59. The Kier molecular flexibility index (Phi) is 19.5. The molecular formula is C96H68N4O18. The highest BCUT2D eigenvalue weighted by molar-refractivity contribution is 6.45. The van der Waals surface area contributed by atoms with Gasteiger partial charge in [-0.3, -0.25) is 29.0 Å². The van der Waals surface area contributed by atoms with Gasteiger partial charge >= 0.3 is 11.9 Å². The molecule has 4 atom stereocenters. The number of amides is 4. The van der Waals surface area contributed by atoms with E-state index in [1.807, 2.05) is 194 Å². The number of aromatic nitrogens is 2. The molecule has 4 amide bonds. The molecule has 22 heteroatoms. The number of hydrogen-bond donors (Lipinski definition) is 0. The number of rotatable bonds is 28. The van der Waals surface area contributed by atoms with Crippen molar-refractivity contribution in [2.45, 2.75) is 24.3 Å². The first-order valence-corrected chi connectivity index (χ1v) is 38.1. The Hall–Kier alpha value is -14.7. The largest absolute Gasteiger partial charge is 0.491 e. The van der Waals surface area contributed by atoms with Crippen molar-refractivity contribution >= 4 is 78.7 Å². The minimum atomic E-state index is -1.78. The van der Waals surface area contributed by atoms with E-state index < -0.39 is 60.9 Å². The Labute approximate surface area is 674 Å². The average molecular weight is 1570 g/mol. The number of carbonyl (C=O) groups excluding carboxylic acids is 6. The van der Waals surface area contributed by atoms with E-state index in [1.165, 1.54) is 63.0 Å². The number of fused-ring (bicyclic) bond motifs is 2. The summed E-state index contributed by atoms with van der Waals surface area (Å²) in [5, 5.41) is 1.21. The van der Waals surface area contributed by atoms with Crippen LogP contribution in [0.3, 0.4) is 0 Å². The molecule has 22 nitrogen and oxygen atoms in total. The number of hydrogen-bond acceptors (Lipinski definition) is 20. The van der Waals surface area contributed by atoms with Crippen molar-refractivity contribution in [1.82, 2.24) is 19.8 Å². The second kappa shape index (κ2) is 31.3. The molecule has 4 unspecified atom stereocenters. The predicted molar refractivity (Wildman–Crippen MR) is 438 cm³/mol. The van der Waals surface area contributed by atoms with Gasteiger partial charge in [0.1, 0.15) is 82.9 Å². The van der Waals surface area contributed by atoms with Gasteiger partial charge in [-0.05, 0) is 129 Å². The van der Waals surface area contributed by atoms with Crippen LogP contribution in [0, 0.1) is 0 Å². The van der Waals surface area contributed by atoms with Gasteiger partial charge in [-0.1, -0.05) is 170 Å². The van der Waals surface area contributed by atoms with Gasteiger partial charge in [-0.2, -0.15) is 0 Å². The van der Waals surface area contributed by atoms with Crippen LogP contribution in [0.25, 0.3) is 87.6 Å². The quantitative estimate of drug-likeness (QED) is 0.0145. The molecule has 15 aromatic rings. The van der Waals surface area contributed by atoms with Crippen LogP contribution in [0.1, 0.15) is 41.4 Å². The molecule has 2 aromatic heterocycles. The first kappa shape index (κ1) is 73.5. The van der Waals surface area contributed by atoms with E-state index >= 15 is 28.8 Å². The van der Waals surface area contributed by atoms with Crippen LogP contribution in [-0.4, -0.2) is 133 Å². The summed E-state index contributed by atoms with van der Waals surface area (Å²) in [4.78, 5) is 107. The van der Waals surface area contributed by atoms with Gasteiger partial charge in [0.25, 0.3) is 23.6 Å². The molecule has 4 aliphatic heterocycles. The molecule has 6 heterocycles. The Morgan fingerprint density at radius 3 is 0.890 bits per heavy atom. The van der Waals surface area contributed by atoms with Crippen LogP contribution in [0.4, 0.5) is 0 Å². The molecule has 0 aliphatic carbocycles. The number of epoxide rings is 2. The molecule has 0 saturated carbocycles.